The second-order valence-electron chi connectivity index (χ2n) is 4.12. The molecule has 0 saturated heterocycles. The molecule has 0 heterocycles. The molecular weight excluding hydrogens is 290 g/mol. The molecule has 1 aromatic carbocycles. The van der Waals surface area contributed by atoms with Gasteiger partial charge in [0.05, 0.1) is 6.61 Å². The first-order valence-electron chi connectivity index (χ1n) is 6.06. The van der Waals surface area contributed by atoms with Crippen LogP contribution in [-0.4, -0.2) is 39.5 Å². The fraction of sp³-hybridized carbons (Fsp3) is 0.500. The number of ether oxygens (including phenoxy) is 1. The third-order valence-electron chi connectivity index (χ3n) is 2.73. The van der Waals surface area contributed by atoms with E-state index in [1.165, 1.54) is 7.05 Å². The van der Waals surface area contributed by atoms with Gasteiger partial charge in [0.25, 0.3) is 0 Å². The van der Waals surface area contributed by atoms with E-state index in [-0.39, 0.29) is 25.3 Å². The van der Waals surface area contributed by atoms with Gasteiger partial charge in [0.15, 0.2) is 11.6 Å². The third-order valence-corrected chi connectivity index (χ3v) is 4.59. The molecule has 2 N–H and O–H groups in total. The second kappa shape index (κ2) is 7.07. The Morgan fingerprint density at radius 1 is 1.35 bits per heavy atom. The Labute approximate surface area is 117 Å². The van der Waals surface area contributed by atoms with Crippen LogP contribution in [0.5, 0.6) is 0 Å². The zero-order valence-electron chi connectivity index (χ0n) is 11.4. The topological polar surface area (TPSA) is 72.6 Å². The Morgan fingerprint density at radius 3 is 2.55 bits per heavy atom. The van der Waals surface area contributed by atoms with Gasteiger partial charge in [-0.05, 0) is 24.6 Å². The maximum Gasteiger partial charge on any atom is 0.245 e. The number of nitrogens with zero attached hydrogens (tertiary/aromatic N) is 1. The van der Waals surface area contributed by atoms with Gasteiger partial charge in [-0.2, -0.15) is 4.31 Å². The van der Waals surface area contributed by atoms with Crippen molar-refractivity contribution in [2.75, 3.05) is 26.8 Å². The lowest BCUT2D eigenvalue weighted by Crippen LogP contribution is -2.31. The molecule has 5 nitrogen and oxygen atoms in total. The monoisotopic (exact) mass is 308 g/mol. The van der Waals surface area contributed by atoms with E-state index in [1.54, 1.807) is 6.92 Å². The lowest BCUT2D eigenvalue weighted by Gasteiger charge is -2.18. The fourth-order valence-electron chi connectivity index (χ4n) is 1.55. The predicted octanol–water partition coefficient (Wildman–Crippen LogP) is 1.08. The number of hydrogen-bond acceptors (Lipinski definition) is 4. The average molecular weight is 308 g/mol. The molecule has 0 spiro atoms. The SMILES string of the molecule is CCOCCN(C)S(=O)(=O)c1cc(CN)cc(F)c1F. The Kier molecular flexibility index (Phi) is 6.00. The average Bonchev–Trinajstić information content (AvgIpc) is 2.41. The predicted molar refractivity (Wildman–Crippen MR) is 70.6 cm³/mol. The molecule has 8 heteroatoms. The minimum atomic E-state index is -4.12. The minimum absolute atomic E-state index is 0.0457. The first-order valence-corrected chi connectivity index (χ1v) is 7.50. The van der Waals surface area contributed by atoms with Crippen molar-refractivity contribution in [2.24, 2.45) is 5.73 Å². The van der Waals surface area contributed by atoms with Crippen molar-refractivity contribution in [3.63, 3.8) is 0 Å². The fourth-order valence-corrected chi connectivity index (χ4v) is 2.82. The van der Waals surface area contributed by atoms with E-state index < -0.39 is 26.6 Å². The van der Waals surface area contributed by atoms with Crippen LogP contribution in [0.3, 0.4) is 0 Å². The van der Waals surface area contributed by atoms with Crippen LogP contribution in [-0.2, 0) is 21.3 Å². The van der Waals surface area contributed by atoms with Gasteiger partial charge in [0.1, 0.15) is 4.90 Å². The molecule has 0 aromatic heterocycles. The van der Waals surface area contributed by atoms with Crippen LogP contribution in [0.15, 0.2) is 17.0 Å². The van der Waals surface area contributed by atoms with Crippen molar-refractivity contribution in [3.8, 4) is 0 Å². The summed E-state index contributed by atoms with van der Waals surface area (Å²) in [5.74, 6) is -2.63. The van der Waals surface area contributed by atoms with Gasteiger partial charge < -0.3 is 10.5 Å². The molecule has 0 atom stereocenters. The summed E-state index contributed by atoms with van der Waals surface area (Å²) in [4.78, 5) is -0.711. The minimum Gasteiger partial charge on any atom is -0.380 e. The normalized spacial score (nSPS) is 12.1. The maximum atomic E-state index is 13.7. The van der Waals surface area contributed by atoms with Crippen LogP contribution in [0.4, 0.5) is 8.78 Å². The van der Waals surface area contributed by atoms with Crippen LogP contribution in [0.2, 0.25) is 0 Å². The molecule has 0 amide bonds. The van der Waals surface area contributed by atoms with Gasteiger partial charge in [0.2, 0.25) is 10.0 Å². The number of rotatable bonds is 7. The third kappa shape index (κ3) is 3.72. The zero-order chi connectivity index (χ0) is 15.3. The van der Waals surface area contributed by atoms with E-state index in [0.29, 0.717) is 6.61 Å². The largest absolute Gasteiger partial charge is 0.380 e. The van der Waals surface area contributed by atoms with Gasteiger partial charge in [-0.25, -0.2) is 17.2 Å². The molecular formula is C12H18F2N2O3S. The molecule has 0 radical (unpaired) electrons. The highest BCUT2D eigenvalue weighted by atomic mass is 32.2. The summed E-state index contributed by atoms with van der Waals surface area (Å²) in [6.45, 7) is 2.35. The van der Waals surface area contributed by atoms with Crippen molar-refractivity contribution in [1.82, 2.24) is 4.31 Å². The molecule has 0 aliphatic carbocycles. The number of hydrogen-bond donors (Lipinski definition) is 1. The van der Waals surface area contributed by atoms with E-state index in [1.807, 2.05) is 0 Å². The van der Waals surface area contributed by atoms with Crippen LogP contribution in [0, 0.1) is 11.6 Å². The molecule has 0 fully saturated rings. The molecule has 0 aliphatic rings. The van der Waals surface area contributed by atoms with E-state index in [4.69, 9.17) is 10.5 Å². The quantitative estimate of drug-likeness (QED) is 0.765. The highest BCUT2D eigenvalue weighted by Crippen LogP contribution is 2.22. The molecule has 0 saturated carbocycles. The lowest BCUT2D eigenvalue weighted by atomic mass is 10.2. The summed E-state index contributed by atoms with van der Waals surface area (Å²) in [5.41, 5.74) is 5.55. The highest BCUT2D eigenvalue weighted by molar-refractivity contribution is 7.89. The van der Waals surface area contributed by atoms with Gasteiger partial charge in [-0.3, -0.25) is 0 Å². The van der Waals surface area contributed by atoms with Gasteiger partial charge in [-0.15, -0.1) is 0 Å². The highest BCUT2D eigenvalue weighted by Gasteiger charge is 2.26. The van der Waals surface area contributed by atoms with Crippen molar-refractivity contribution in [2.45, 2.75) is 18.4 Å². The van der Waals surface area contributed by atoms with Crippen molar-refractivity contribution < 1.29 is 21.9 Å². The Hall–Kier alpha value is -1.09. The summed E-state index contributed by atoms with van der Waals surface area (Å²) < 4.78 is 57.4. The van der Waals surface area contributed by atoms with Crippen molar-refractivity contribution in [1.29, 1.82) is 0 Å². The summed E-state index contributed by atoms with van der Waals surface area (Å²) in [5, 5.41) is 0. The molecule has 0 aliphatic heterocycles. The van der Waals surface area contributed by atoms with Gasteiger partial charge in [0, 0.05) is 26.7 Å². The molecule has 0 unspecified atom stereocenters. The number of likely N-dealkylation sites (N-methyl/N-ethyl adjacent to an activating group) is 1. The second-order valence-corrected chi connectivity index (χ2v) is 6.13. The molecule has 114 valence electrons. The first-order chi connectivity index (χ1) is 9.34. The molecule has 1 rings (SSSR count). The lowest BCUT2D eigenvalue weighted by molar-refractivity contribution is 0.138. The number of benzene rings is 1. The van der Waals surface area contributed by atoms with E-state index in [0.717, 1.165) is 16.4 Å². The van der Waals surface area contributed by atoms with Crippen LogP contribution in [0.1, 0.15) is 12.5 Å². The van der Waals surface area contributed by atoms with E-state index in [2.05, 4.69) is 0 Å². The van der Waals surface area contributed by atoms with Crippen LogP contribution < -0.4 is 5.73 Å². The molecule has 20 heavy (non-hydrogen) atoms. The first kappa shape index (κ1) is 17.0. The Balaban J connectivity index is 3.11. The van der Waals surface area contributed by atoms with E-state index >= 15 is 0 Å². The number of halogens is 2. The van der Waals surface area contributed by atoms with Crippen molar-refractivity contribution in [3.05, 3.63) is 29.3 Å². The maximum absolute atomic E-state index is 13.7. The van der Waals surface area contributed by atoms with Gasteiger partial charge in [-0.1, -0.05) is 0 Å². The summed E-state index contributed by atoms with van der Waals surface area (Å²) >= 11 is 0. The number of sulfonamides is 1. The smallest absolute Gasteiger partial charge is 0.245 e. The molecule has 1 aromatic rings. The summed E-state index contributed by atoms with van der Waals surface area (Å²) in [7, 11) is -2.84. The van der Waals surface area contributed by atoms with Gasteiger partial charge >= 0.3 is 0 Å². The number of nitrogens with two attached hydrogens (primary N) is 1. The van der Waals surface area contributed by atoms with E-state index in [9.17, 15) is 17.2 Å². The van der Waals surface area contributed by atoms with Crippen molar-refractivity contribution >= 4 is 10.0 Å². The van der Waals surface area contributed by atoms with Crippen LogP contribution in [0.25, 0.3) is 0 Å². The summed E-state index contributed by atoms with van der Waals surface area (Å²) in [6, 6.07) is 1.93. The standard InChI is InChI=1S/C12H18F2N2O3S/c1-3-19-5-4-16(2)20(17,18)11-7-9(8-15)6-10(13)12(11)14/h6-7H,3-5,8,15H2,1-2H3. The Bertz CT molecular complexity index is 564. The molecule has 0 bridgehead atoms. The zero-order valence-corrected chi connectivity index (χ0v) is 12.2. The summed E-state index contributed by atoms with van der Waals surface area (Å²) in [6.07, 6.45) is 0. The Morgan fingerprint density at radius 2 is 2.00 bits per heavy atom. The van der Waals surface area contributed by atoms with Crippen LogP contribution >= 0.6 is 0 Å².